The molecule has 0 bridgehead atoms. The molecule has 4 nitrogen and oxygen atoms in total. The molecule has 0 saturated carbocycles. The minimum Gasteiger partial charge on any atom is -0.492 e. The van der Waals surface area contributed by atoms with Crippen LogP contribution in [0, 0.1) is 6.92 Å². The van der Waals surface area contributed by atoms with Crippen LogP contribution in [0.5, 0.6) is 5.75 Å². The lowest BCUT2D eigenvalue weighted by Crippen LogP contribution is -2.11. The molecule has 0 aliphatic heterocycles. The Kier molecular flexibility index (Phi) is 3.82. The number of benzene rings is 1. The lowest BCUT2D eigenvalue weighted by atomic mass is 10.2. The Balaban J connectivity index is 1.73. The fourth-order valence-corrected chi connectivity index (χ4v) is 2.01. The Morgan fingerprint density at radius 3 is 3.06 bits per heavy atom. The van der Waals surface area contributed by atoms with Gasteiger partial charge in [-0.1, -0.05) is 23.5 Å². The first-order valence-corrected chi connectivity index (χ1v) is 6.20. The van der Waals surface area contributed by atoms with Crippen LogP contribution >= 0.6 is 11.3 Å². The van der Waals surface area contributed by atoms with Crippen molar-refractivity contribution in [3.63, 3.8) is 0 Å². The van der Waals surface area contributed by atoms with Gasteiger partial charge in [-0.3, -0.25) is 0 Å². The number of anilines is 2. The van der Waals surface area contributed by atoms with Crippen LogP contribution in [-0.4, -0.2) is 18.1 Å². The smallest absolute Gasteiger partial charge is 0.184 e. The third kappa shape index (κ3) is 3.64. The highest BCUT2D eigenvalue weighted by Crippen LogP contribution is 2.19. The number of rotatable bonds is 5. The van der Waals surface area contributed by atoms with Gasteiger partial charge in [0, 0.05) is 0 Å². The van der Waals surface area contributed by atoms with E-state index in [0.29, 0.717) is 18.2 Å². The monoisotopic (exact) mass is 249 g/mol. The van der Waals surface area contributed by atoms with E-state index in [1.165, 1.54) is 16.9 Å². The number of hydrogen-bond donors (Lipinski definition) is 2. The van der Waals surface area contributed by atoms with Gasteiger partial charge >= 0.3 is 0 Å². The normalized spacial score (nSPS) is 10.2. The van der Waals surface area contributed by atoms with Crippen molar-refractivity contribution in [1.29, 1.82) is 0 Å². The SMILES string of the molecule is Cc1cccc(OCCNc2ncc(N)s2)c1. The summed E-state index contributed by atoms with van der Waals surface area (Å²) >= 11 is 1.44. The van der Waals surface area contributed by atoms with Gasteiger partial charge in [-0.2, -0.15) is 0 Å². The maximum absolute atomic E-state index is 5.60. The van der Waals surface area contributed by atoms with Gasteiger partial charge in [-0.05, 0) is 24.6 Å². The molecule has 5 heteroatoms. The van der Waals surface area contributed by atoms with Crippen molar-refractivity contribution in [3.05, 3.63) is 36.0 Å². The Labute approximate surface area is 104 Å². The maximum Gasteiger partial charge on any atom is 0.184 e. The molecule has 2 aromatic rings. The molecule has 2 rings (SSSR count). The summed E-state index contributed by atoms with van der Waals surface area (Å²) in [6.07, 6.45) is 1.65. The average molecular weight is 249 g/mol. The lowest BCUT2D eigenvalue weighted by Gasteiger charge is -2.07. The molecule has 3 N–H and O–H groups in total. The molecule has 90 valence electrons. The van der Waals surface area contributed by atoms with Gasteiger partial charge < -0.3 is 15.8 Å². The van der Waals surface area contributed by atoms with Crippen LogP contribution in [0.2, 0.25) is 0 Å². The highest BCUT2D eigenvalue weighted by Gasteiger charge is 1.98. The summed E-state index contributed by atoms with van der Waals surface area (Å²) in [7, 11) is 0. The Morgan fingerprint density at radius 1 is 1.47 bits per heavy atom. The van der Waals surface area contributed by atoms with Crippen molar-refractivity contribution < 1.29 is 4.74 Å². The number of thiazole rings is 1. The molecule has 0 aliphatic rings. The van der Waals surface area contributed by atoms with Crippen molar-refractivity contribution >= 4 is 21.5 Å². The fraction of sp³-hybridized carbons (Fsp3) is 0.250. The molecule has 0 atom stereocenters. The van der Waals surface area contributed by atoms with E-state index in [4.69, 9.17) is 10.5 Å². The Morgan fingerprint density at radius 2 is 2.35 bits per heavy atom. The zero-order valence-electron chi connectivity index (χ0n) is 9.64. The highest BCUT2D eigenvalue weighted by atomic mass is 32.1. The van der Waals surface area contributed by atoms with E-state index in [1.807, 2.05) is 31.2 Å². The predicted octanol–water partition coefficient (Wildman–Crippen LogP) is 2.52. The minimum atomic E-state index is 0.600. The number of ether oxygens (including phenoxy) is 1. The predicted molar refractivity (Wildman–Crippen MR) is 71.7 cm³/mol. The minimum absolute atomic E-state index is 0.600. The van der Waals surface area contributed by atoms with Gasteiger partial charge in [0.2, 0.25) is 0 Å². The molecule has 0 aliphatic carbocycles. The van der Waals surface area contributed by atoms with E-state index in [0.717, 1.165) is 10.9 Å². The van der Waals surface area contributed by atoms with E-state index in [-0.39, 0.29) is 0 Å². The molecule has 0 fully saturated rings. The molecule has 0 saturated heterocycles. The second-order valence-electron chi connectivity index (χ2n) is 3.66. The summed E-state index contributed by atoms with van der Waals surface area (Å²) in [5.41, 5.74) is 6.77. The van der Waals surface area contributed by atoms with E-state index in [2.05, 4.69) is 10.3 Å². The van der Waals surface area contributed by atoms with Crippen LogP contribution in [-0.2, 0) is 0 Å². The molecular formula is C12H15N3OS. The molecule has 1 heterocycles. The number of nitrogens with one attached hydrogen (secondary N) is 1. The van der Waals surface area contributed by atoms with Crippen LogP contribution in [0.4, 0.5) is 10.1 Å². The molecular weight excluding hydrogens is 234 g/mol. The van der Waals surface area contributed by atoms with Crippen molar-refractivity contribution in [3.8, 4) is 5.75 Å². The molecule has 0 unspecified atom stereocenters. The summed E-state index contributed by atoms with van der Waals surface area (Å²) in [4.78, 5) is 4.10. The van der Waals surface area contributed by atoms with Crippen LogP contribution in [0.3, 0.4) is 0 Å². The number of nitrogens with two attached hydrogens (primary N) is 1. The van der Waals surface area contributed by atoms with Crippen molar-refractivity contribution in [1.82, 2.24) is 4.98 Å². The van der Waals surface area contributed by atoms with Gasteiger partial charge in [0.1, 0.15) is 17.4 Å². The molecule has 0 amide bonds. The standard InChI is InChI=1S/C12H15N3OS/c1-9-3-2-4-10(7-9)16-6-5-14-12-15-8-11(13)17-12/h2-4,7-8H,5-6,13H2,1H3,(H,14,15). The lowest BCUT2D eigenvalue weighted by molar-refractivity contribution is 0.332. The number of aromatic nitrogens is 1. The summed E-state index contributed by atoms with van der Waals surface area (Å²) in [6, 6.07) is 8.00. The first-order valence-electron chi connectivity index (χ1n) is 5.39. The van der Waals surface area contributed by atoms with Crippen molar-refractivity contribution in [2.24, 2.45) is 0 Å². The van der Waals surface area contributed by atoms with Gasteiger partial charge in [0.05, 0.1) is 12.7 Å². The summed E-state index contributed by atoms with van der Waals surface area (Å²) in [5.74, 6) is 0.894. The largest absolute Gasteiger partial charge is 0.492 e. The van der Waals surface area contributed by atoms with Crippen molar-refractivity contribution in [2.45, 2.75) is 6.92 Å². The topological polar surface area (TPSA) is 60.2 Å². The maximum atomic E-state index is 5.60. The van der Waals surface area contributed by atoms with Gasteiger partial charge in [0.15, 0.2) is 5.13 Å². The van der Waals surface area contributed by atoms with Crippen molar-refractivity contribution in [2.75, 3.05) is 24.2 Å². The quantitative estimate of drug-likeness (QED) is 0.799. The molecule has 1 aromatic heterocycles. The van der Waals surface area contributed by atoms with Crippen LogP contribution in [0.15, 0.2) is 30.5 Å². The Hall–Kier alpha value is -1.75. The first kappa shape index (κ1) is 11.7. The third-order valence-corrected chi connectivity index (χ3v) is 2.94. The molecule has 0 radical (unpaired) electrons. The zero-order valence-corrected chi connectivity index (χ0v) is 10.5. The zero-order chi connectivity index (χ0) is 12.1. The number of aryl methyl sites for hydroxylation is 1. The van der Waals surface area contributed by atoms with Crippen LogP contribution in [0.25, 0.3) is 0 Å². The molecule has 1 aromatic carbocycles. The second-order valence-corrected chi connectivity index (χ2v) is 4.72. The van der Waals surface area contributed by atoms with E-state index in [9.17, 15) is 0 Å². The number of hydrogen-bond acceptors (Lipinski definition) is 5. The van der Waals surface area contributed by atoms with Gasteiger partial charge in [-0.15, -0.1) is 0 Å². The number of nitrogens with zero attached hydrogens (tertiary/aromatic N) is 1. The summed E-state index contributed by atoms with van der Waals surface area (Å²) in [6.45, 7) is 3.35. The van der Waals surface area contributed by atoms with Crippen LogP contribution in [0.1, 0.15) is 5.56 Å². The third-order valence-electron chi connectivity index (χ3n) is 2.16. The van der Waals surface area contributed by atoms with E-state index >= 15 is 0 Å². The average Bonchev–Trinajstić information content (AvgIpc) is 2.71. The molecule has 0 spiro atoms. The van der Waals surface area contributed by atoms with Gasteiger partial charge in [0.25, 0.3) is 0 Å². The van der Waals surface area contributed by atoms with E-state index in [1.54, 1.807) is 6.20 Å². The first-order chi connectivity index (χ1) is 8.24. The summed E-state index contributed by atoms with van der Waals surface area (Å²) < 4.78 is 5.60. The highest BCUT2D eigenvalue weighted by molar-refractivity contribution is 7.19. The van der Waals surface area contributed by atoms with Gasteiger partial charge in [-0.25, -0.2) is 4.98 Å². The number of nitrogen functional groups attached to an aromatic ring is 1. The Bertz CT molecular complexity index is 484. The van der Waals surface area contributed by atoms with Crippen LogP contribution < -0.4 is 15.8 Å². The van der Waals surface area contributed by atoms with E-state index < -0.39 is 0 Å². The fourth-order valence-electron chi connectivity index (χ4n) is 1.40. The molecule has 17 heavy (non-hydrogen) atoms. The second kappa shape index (κ2) is 5.54. The summed E-state index contributed by atoms with van der Waals surface area (Å²) in [5, 5.41) is 4.70.